The first kappa shape index (κ1) is 12.8. The molecule has 1 saturated heterocycles. The lowest BCUT2D eigenvalue weighted by molar-refractivity contribution is -0.130. The van der Waals surface area contributed by atoms with Crippen LogP contribution in [0.1, 0.15) is 19.3 Å². The van der Waals surface area contributed by atoms with E-state index in [2.05, 4.69) is 5.32 Å². The Labute approximate surface area is 104 Å². The molecule has 2 fully saturated rings. The Kier molecular flexibility index (Phi) is 3.51. The summed E-state index contributed by atoms with van der Waals surface area (Å²) in [5, 5.41) is 11.6. The zero-order valence-electron chi connectivity index (χ0n) is 9.96. The van der Waals surface area contributed by atoms with E-state index < -0.39 is 17.9 Å². The van der Waals surface area contributed by atoms with Gasteiger partial charge in [-0.3, -0.25) is 14.4 Å². The van der Waals surface area contributed by atoms with Gasteiger partial charge in [0, 0.05) is 19.0 Å². The molecule has 0 aromatic heterocycles. The third kappa shape index (κ3) is 2.79. The molecule has 2 rings (SSSR count). The first-order chi connectivity index (χ1) is 8.49. The van der Waals surface area contributed by atoms with Crippen LogP contribution in [0.4, 0.5) is 0 Å². The number of aliphatic hydroxyl groups is 1. The van der Waals surface area contributed by atoms with Crippen LogP contribution in [0.5, 0.6) is 0 Å². The topological polar surface area (TPSA) is 113 Å². The van der Waals surface area contributed by atoms with E-state index in [4.69, 9.17) is 10.8 Å². The second-order valence-corrected chi connectivity index (χ2v) is 4.84. The second kappa shape index (κ2) is 4.93. The van der Waals surface area contributed by atoms with E-state index >= 15 is 0 Å². The standard InChI is InChI=1S/C11H17N3O4/c12-10(17)8(15)4-13-11(18)6-3-9(16)14(5-6)7-1-2-7/h6-8,15H,1-5H2,(H2,12,17)(H,13,18). The molecule has 0 radical (unpaired) electrons. The molecule has 0 aromatic carbocycles. The number of primary amides is 1. The van der Waals surface area contributed by atoms with Gasteiger partial charge in [0.25, 0.3) is 0 Å². The fraction of sp³-hybridized carbons (Fsp3) is 0.727. The number of carbonyl (C=O) groups excluding carboxylic acids is 3. The van der Waals surface area contributed by atoms with Gasteiger partial charge in [-0.05, 0) is 12.8 Å². The number of likely N-dealkylation sites (tertiary alicyclic amines) is 1. The third-order valence-corrected chi connectivity index (χ3v) is 3.31. The monoisotopic (exact) mass is 255 g/mol. The maximum atomic E-state index is 11.8. The lowest BCUT2D eigenvalue weighted by Gasteiger charge is -2.15. The average Bonchev–Trinajstić information content (AvgIpc) is 3.09. The van der Waals surface area contributed by atoms with Gasteiger partial charge in [0.15, 0.2) is 0 Å². The summed E-state index contributed by atoms with van der Waals surface area (Å²) in [6.45, 7) is 0.226. The number of amides is 3. The highest BCUT2D eigenvalue weighted by atomic mass is 16.3. The van der Waals surface area contributed by atoms with Crippen LogP contribution in [-0.4, -0.2) is 53.0 Å². The Balaban J connectivity index is 1.79. The molecule has 2 unspecified atom stereocenters. The number of aliphatic hydroxyl groups excluding tert-OH is 1. The van der Waals surface area contributed by atoms with Crippen LogP contribution in [0, 0.1) is 5.92 Å². The van der Waals surface area contributed by atoms with Crippen molar-refractivity contribution in [1.82, 2.24) is 10.2 Å². The lowest BCUT2D eigenvalue weighted by Crippen LogP contribution is -2.42. The van der Waals surface area contributed by atoms with Gasteiger partial charge in [0.2, 0.25) is 17.7 Å². The molecular weight excluding hydrogens is 238 g/mol. The molecular formula is C11H17N3O4. The van der Waals surface area contributed by atoms with Crippen molar-refractivity contribution in [1.29, 1.82) is 0 Å². The van der Waals surface area contributed by atoms with Crippen molar-refractivity contribution < 1.29 is 19.5 Å². The molecule has 0 aromatic rings. The van der Waals surface area contributed by atoms with Crippen LogP contribution in [0.15, 0.2) is 0 Å². The van der Waals surface area contributed by atoms with Gasteiger partial charge in [0.05, 0.1) is 12.5 Å². The summed E-state index contributed by atoms with van der Waals surface area (Å²) < 4.78 is 0. The summed E-state index contributed by atoms with van der Waals surface area (Å²) in [7, 11) is 0. The minimum atomic E-state index is -1.38. The predicted octanol–water partition coefficient (Wildman–Crippen LogP) is -2.04. The van der Waals surface area contributed by atoms with Gasteiger partial charge in [-0.15, -0.1) is 0 Å². The molecule has 1 heterocycles. The quantitative estimate of drug-likeness (QED) is 0.525. The SMILES string of the molecule is NC(=O)C(O)CNC(=O)C1CC(=O)N(C2CC2)C1. The lowest BCUT2D eigenvalue weighted by atomic mass is 10.1. The molecule has 2 atom stereocenters. The van der Waals surface area contributed by atoms with Crippen molar-refractivity contribution in [2.24, 2.45) is 11.7 Å². The smallest absolute Gasteiger partial charge is 0.248 e. The maximum Gasteiger partial charge on any atom is 0.248 e. The van der Waals surface area contributed by atoms with Crippen molar-refractivity contribution in [2.75, 3.05) is 13.1 Å². The molecule has 100 valence electrons. The highest BCUT2D eigenvalue weighted by molar-refractivity contribution is 5.90. The molecule has 7 nitrogen and oxygen atoms in total. The predicted molar refractivity (Wildman–Crippen MR) is 61.1 cm³/mol. The summed E-state index contributed by atoms with van der Waals surface area (Å²) in [5.41, 5.74) is 4.87. The van der Waals surface area contributed by atoms with Crippen molar-refractivity contribution in [3.63, 3.8) is 0 Å². The maximum absolute atomic E-state index is 11.8. The fourth-order valence-electron chi connectivity index (χ4n) is 2.09. The Hall–Kier alpha value is -1.63. The van der Waals surface area contributed by atoms with Crippen molar-refractivity contribution >= 4 is 17.7 Å². The van der Waals surface area contributed by atoms with E-state index in [0.29, 0.717) is 12.6 Å². The van der Waals surface area contributed by atoms with E-state index in [1.165, 1.54) is 0 Å². The van der Waals surface area contributed by atoms with Gasteiger partial charge >= 0.3 is 0 Å². The first-order valence-corrected chi connectivity index (χ1v) is 6.03. The van der Waals surface area contributed by atoms with Crippen LogP contribution in [0.25, 0.3) is 0 Å². The number of hydrogen-bond donors (Lipinski definition) is 3. The Morgan fingerprint density at radius 2 is 2.17 bits per heavy atom. The summed E-state index contributed by atoms with van der Waals surface area (Å²) in [6.07, 6.45) is 0.848. The van der Waals surface area contributed by atoms with E-state index in [9.17, 15) is 14.4 Å². The molecule has 1 aliphatic heterocycles. The molecule has 7 heteroatoms. The average molecular weight is 255 g/mol. The Bertz CT molecular complexity index is 380. The van der Waals surface area contributed by atoms with E-state index in [-0.39, 0.29) is 24.8 Å². The highest BCUT2D eigenvalue weighted by Crippen LogP contribution is 2.32. The second-order valence-electron chi connectivity index (χ2n) is 4.84. The van der Waals surface area contributed by atoms with Crippen molar-refractivity contribution in [2.45, 2.75) is 31.4 Å². The zero-order valence-corrected chi connectivity index (χ0v) is 9.96. The zero-order chi connectivity index (χ0) is 13.3. The number of carbonyl (C=O) groups is 3. The summed E-state index contributed by atoms with van der Waals surface area (Å²) in [5.74, 6) is -1.57. The normalized spacial score (nSPS) is 25.1. The Morgan fingerprint density at radius 3 is 2.72 bits per heavy atom. The van der Waals surface area contributed by atoms with E-state index in [1.54, 1.807) is 4.90 Å². The number of rotatable bonds is 5. The number of nitrogens with two attached hydrogens (primary N) is 1. The molecule has 3 amide bonds. The molecule has 0 bridgehead atoms. The minimum Gasteiger partial charge on any atom is -0.381 e. The van der Waals surface area contributed by atoms with Crippen LogP contribution < -0.4 is 11.1 Å². The van der Waals surface area contributed by atoms with Crippen LogP contribution in [0.2, 0.25) is 0 Å². The number of hydrogen-bond acceptors (Lipinski definition) is 4. The van der Waals surface area contributed by atoms with Gasteiger partial charge < -0.3 is 21.1 Å². The molecule has 0 spiro atoms. The first-order valence-electron chi connectivity index (χ1n) is 6.03. The van der Waals surface area contributed by atoms with Crippen LogP contribution in [-0.2, 0) is 14.4 Å². The van der Waals surface area contributed by atoms with Crippen LogP contribution in [0.3, 0.4) is 0 Å². The summed E-state index contributed by atoms with van der Waals surface area (Å²) in [6, 6.07) is 0.312. The van der Waals surface area contributed by atoms with Gasteiger partial charge in [-0.25, -0.2) is 0 Å². The highest BCUT2D eigenvalue weighted by Gasteiger charge is 2.41. The molecule has 18 heavy (non-hydrogen) atoms. The van der Waals surface area contributed by atoms with Gasteiger partial charge in [-0.1, -0.05) is 0 Å². The van der Waals surface area contributed by atoms with E-state index in [1.807, 2.05) is 0 Å². The van der Waals surface area contributed by atoms with Gasteiger partial charge in [0.1, 0.15) is 6.10 Å². The van der Waals surface area contributed by atoms with E-state index in [0.717, 1.165) is 12.8 Å². The van der Waals surface area contributed by atoms with Crippen LogP contribution >= 0.6 is 0 Å². The Morgan fingerprint density at radius 1 is 1.50 bits per heavy atom. The third-order valence-electron chi connectivity index (χ3n) is 3.31. The van der Waals surface area contributed by atoms with Crippen molar-refractivity contribution in [3.8, 4) is 0 Å². The molecule has 1 aliphatic carbocycles. The molecule has 2 aliphatic rings. The van der Waals surface area contributed by atoms with Crippen molar-refractivity contribution in [3.05, 3.63) is 0 Å². The largest absolute Gasteiger partial charge is 0.381 e. The molecule has 4 N–H and O–H groups in total. The fourth-order valence-corrected chi connectivity index (χ4v) is 2.09. The minimum absolute atomic E-state index is 0.00750. The summed E-state index contributed by atoms with van der Waals surface area (Å²) in [4.78, 5) is 35.7. The number of nitrogens with one attached hydrogen (secondary N) is 1. The number of nitrogens with zero attached hydrogens (tertiary/aromatic N) is 1. The van der Waals surface area contributed by atoms with Gasteiger partial charge in [-0.2, -0.15) is 0 Å². The molecule has 1 saturated carbocycles. The summed E-state index contributed by atoms with van der Waals surface area (Å²) >= 11 is 0.